The third-order valence-electron chi connectivity index (χ3n) is 2.42. The summed E-state index contributed by atoms with van der Waals surface area (Å²) in [6, 6.07) is 6.05. The summed E-state index contributed by atoms with van der Waals surface area (Å²) >= 11 is 0. The predicted octanol–water partition coefficient (Wildman–Crippen LogP) is 3.15. The first kappa shape index (κ1) is 14.6. The van der Waals surface area contributed by atoms with Crippen molar-refractivity contribution in [2.75, 3.05) is 20.3 Å². The lowest BCUT2D eigenvalue weighted by atomic mass is 10.2. The van der Waals surface area contributed by atoms with Crippen molar-refractivity contribution in [2.24, 2.45) is 0 Å². The van der Waals surface area contributed by atoms with E-state index in [0.717, 1.165) is 18.0 Å². The Morgan fingerprint density at radius 3 is 2.61 bits per heavy atom. The van der Waals surface area contributed by atoms with Gasteiger partial charge in [-0.3, -0.25) is 0 Å². The topological polar surface area (TPSA) is 30.5 Å². The molecular weight excluding hydrogens is 226 g/mol. The monoisotopic (exact) mass is 249 g/mol. The minimum absolute atomic E-state index is 0.577. The Hall–Kier alpha value is -1.48. The van der Waals surface area contributed by atoms with Crippen LogP contribution in [0.15, 0.2) is 29.8 Å². The van der Waals surface area contributed by atoms with E-state index in [1.165, 1.54) is 11.1 Å². The summed E-state index contributed by atoms with van der Waals surface area (Å²) in [6.07, 6.45) is 2.05. The van der Waals surface area contributed by atoms with E-state index in [4.69, 9.17) is 9.47 Å². The normalized spacial score (nSPS) is 10.0. The minimum atomic E-state index is 0.577. The SMILES string of the molecule is CCOc1cc(CNC)ccc1OCC=C(C)C. The van der Waals surface area contributed by atoms with Crippen molar-refractivity contribution in [3.63, 3.8) is 0 Å². The van der Waals surface area contributed by atoms with Gasteiger partial charge in [0.05, 0.1) is 6.61 Å². The van der Waals surface area contributed by atoms with Gasteiger partial charge in [0.25, 0.3) is 0 Å². The van der Waals surface area contributed by atoms with Crippen LogP contribution < -0.4 is 14.8 Å². The van der Waals surface area contributed by atoms with Crippen LogP contribution in [0.5, 0.6) is 11.5 Å². The van der Waals surface area contributed by atoms with Gasteiger partial charge in [-0.15, -0.1) is 0 Å². The Morgan fingerprint density at radius 1 is 1.22 bits per heavy atom. The van der Waals surface area contributed by atoms with Crippen molar-refractivity contribution >= 4 is 0 Å². The third kappa shape index (κ3) is 4.80. The van der Waals surface area contributed by atoms with E-state index in [1.54, 1.807) is 0 Å². The average molecular weight is 249 g/mol. The molecule has 100 valence electrons. The lowest BCUT2D eigenvalue weighted by Crippen LogP contribution is -2.06. The first-order chi connectivity index (χ1) is 8.67. The molecule has 1 aromatic carbocycles. The van der Waals surface area contributed by atoms with E-state index in [2.05, 4.69) is 31.3 Å². The van der Waals surface area contributed by atoms with Crippen molar-refractivity contribution in [1.82, 2.24) is 5.32 Å². The number of nitrogens with one attached hydrogen (secondary N) is 1. The van der Waals surface area contributed by atoms with Gasteiger partial charge in [0.2, 0.25) is 0 Å². The van der Waals surface area contributed by atoms with Gasteiger partial charge >= 0.3 is 0 Å². The maximum Gasteiger partial charge on any atom is 0.161 e. The van der Waals surface area contributed by atoms with Crippen molar-refractivity contribution in [3.05, 3.63) is 35.4 Å². The van der Waals surface area contributed by atoms with Crippen LogP contribution in [-0.2, 0) is 6.54 Å². The van der Waals surface area contributed by atoms with Gasteiger partial charge in [-0.1, -0.05) is 11.6 Å². The fourth-order valence-electron chi connectivity index (χ4n) is 1.55. The van der Waals surface area contributed by atoms with Crippen LogP contribution in [-0.4, -0.2) is 20.3 Å². The van der Waals surface area contributed by atoms with Crippen LogP contribution in [0.25, 0.3) is 0 Å². The molecule has 3 heteroatoms. The highest BCUT2D eigenvalue weighted by molar-refractivity contribution is 5.43. The standard InChI is InChI=1S/C15H23NO2/c1-5-17-15-10-13(11-16-4)6-7-14(15)18-9-8-12(2)3/h6-8,10,16H,5,9,11H2,1-4H3. The molecule has 0 aromatic heterocycles. The van der Waals surface area contributed by atoms with E-state index in [1.807, 2.05) is 26.1 Å². The Morgan fingerprint density at radius 2 is 2.00 bits per heavy atom. The Bertz CT molecular complexity index is 395. The second kappa shape index (κ2) is 7.77. The van der Waals surface area contributed by atoms with Crippen LogP contribution in [0.1, 0.15) is 26.3 Å². The molecule has 0 atom stereocenters. The summed E-state index contributed by atoms with van der Waals surface area (Å²) in [5.41, 5.74) is 2.44. The maximum absolute atomic E-state index is 5.71. The molecule has 0 fully saturated rings. The zero-order chi connectivity index (χ0) is 13.4. The Labute approximate surface area is 110 Å². The van der Waals surface area contributed by atoms with Crippen LogP contribution in [0.3, 0.4) is 0 Å². The molecule has 0 saturated heterocycles. The first-order valence-corrected chi connectivity index (χ1v) is 6.33. The number of hydrogen-bond donors (Lipinski definition) is 1. The van der Waals surface area contributed by atoms with Crippen LogP contribution in [0.2, 0.25) is 0 Å². The molecule has 1 rings (SSSR count). The zero-order valence-corrected chi connectivity index (χ0v) is 11.7. The molecule has 3 nitrogen and oxygen atoms in total. The van der Waals surface area contributed by atoms with Crippen molar-refractivity contribution in [3.8, 4) is 11.5 Å². The van der Waals surface area contributed by atoms with Crippen molar-refractivity contribution < 1.29 is 9.47 Å². The quantitative estimate of drug-likeness (QED) is 0.753. The highest BCUT2D eigenvalue weighted by Crippen LogP contribution is 2.28. The smallest absolute Gasteiger partial charge is 0.161 e. The van der Waals surface area contributed by atoms with Crippen LogP contribution in [0.4, 0.5) is 0 Å². The van der Waals surface area contributed by atoms with Gasteiger partial charge in [0.15, 0.2) is 11.5 Å². The fraction of sp³-hybridized carbons (Fsp3) is 0.467. The van der Waals surface area contributed by atoms with Gasteiger partial charge in [-0.25, -0.2) is 0 Å². The lowest BCUT2D eigenvalue weighted by Gasteiger charge is -2.12. The highest BCUT2D eigenvalue weighted by Gasteiger charge is 2.05. The average Bonchev–Trinajstić information content (AvgIpc) is 2.32. The fourth-order valence-corrected chi connectivity index (χ4v) is 1.55. The van der Waals surface area contributed by atoms with Crippen LogP contribution >= 0.6 is 0 Å². The molecule has 0 aliphatic carbocycles. The van der Waals surface area contributed by atoms with Crippen LogP contribution in [0, 0.1) is 0 Å². The van der Waals surface area contributed by atoms with Gasteiger partial charge in [-0.2, -0.15) is 0 Å². The second-order valence-corrected chi connectivity index (χ2v) is 4.34. The van der Waals surface area contributed by atoms with Crippen molar-refractivity contribution in [1.29, 1.82) is 0 Å². The summed E-state index contributed by atoms with van der Waals surface area (Å²) < 4.78 is 11.3. The molecule has 0 aliphatic rings. The summed E-state index contributed by atoms with van der Waals surface area (Å²) in [5, 5.41) is 3.13. The van der Waals surface area contributed by atoms with Crippen molar-refractivity contribution in [2.45, 2.75) is 27.3 Å². The molecule has 0 saturated carbocycles. The molecular formula is C15H23NO2. The van der Waals surface area contributed by atoms with Gasteiger partial charge < -0.3 is 14.8 Å². The number of ether oxygens (including phenoxy) is 2. The predicted molar refractivity (Wildman–Crippen MR) is 75.3 cm³/mol. The number of allylic oxidation sites excluding steroid dienone is 1. The minimum Gasteiger partial charge on any atom is -0.490 e. The summed E-state index contributed by atoms with van der Waals surface area (Å²) in [7, 11) is 1.93. The van der Waals surface area contributed by atoms with Gasteiger partial charge in [-0.05, 0) is 51.6 Å². The largest absolute Gasteiger partial charge is 0.490 e. The first-order valence-electron chi connectivity index (χ1n) is 6.33. The third-order valence-corrected chi connectivity index (χ3v) is 2.42. The van der Waals surface area contributed by atoms with Gasteiger partial charge in [0.1, 0.15) is 6.61 Å². The molecule has 0 amide bonds. The molecule has 0 spiro atoms. The molecule has 0 bridgehead atoms. The molecule has 1 N–H and O–H groups in total. The summed E-state index contributed by atoms with van der Waals surface area (Å²) in [5.74, 6) is 1.61. The van der Waals surface area contributed by atoms with E-state index < -0.39 is 0 Å². The summed E-state index contributed by atoms with van der Waals surface area (Å²) in [4.78, 5) is 0. The van der Waals surface area contributed by atoms with E-state index in [9.17, 15) is 0 Å². The molecule has 0 radical (unpaired) electrons. The van der Waals surface area contributed by atoms with E-state index in [0.29, 0.717) is 13.2 Å². The van der Waals surface area contributed by atoms with Gasteiger partial charge in [0, 0.05) is 6.54 Å². The van der Waals surface area contributed by atoms with E-state index in [-0.39, 0.29) is 0 Å². The molecule has 0 aliphatic heterocycles. The molecule has 18 heavy (non-hydrogen) atoms. The summed E-state index contributed by atoms with van der Waals surface area (Å²) in [6.45, 7) is 8.14. The Kier molecular flexibility index (Phi) is 6.29. The molecule has 0 heterocycles. The Balaban J connectivity index is 2.78. The molecule has 1 aromatic rings. The number of benzene rings is 1. The van der Waals surface area contributed by atoms with E-state index >= 15 is 0 Å². The zero-order valence-electron chi connectivity index (χ0n) is 11.7. The highest BCUT2D eigenvalue weighted by atomic mass is 16.5. The maximum atomic E-state index is 5.71. The molecule has 0 unspecified atom stereocenters. The number of rotatable bonds is 7. The second-order valence-electron chi connectivity index (χ2n) is 4.34. The lowest BCUT2D eigenvalue weighted by molar-refractivity contribution is 0.296. The number of hydrogen-bond acceptors (Lipinski definition) is 3.